The van der Waals surface area contributed by atoms with Crippen LogP contribution in [0.3, 0.4) is 0 Å². The van der Waals surface area contributed by atoms with Gasteiger partial charge in [0.2, 0.25) is 0 Å². The van der Waals surface area contributed by atoms with Gasteiger partial charge in [0.15, 0.2) is 0 Å². The topological polar surface area (TPSA) is 23.9 Å². The van der Waals surface area contributed by atoms with Gasteiger partial charge in [-0.15, -0.1) is 0 Å². The highest BCUT2D eigenvalue weighted by atomic mass is 14.4. The van der Waals surface area contributed by atoms with Crippen molar-refractivity contribution in [1.82, 2.24) is 0 Å². The molecule has 0 aliphatic heterocycles. The number of rotatable bonds is 4. The lowest BCUT2D eigenvalue weighted by Crippen LogP contribution is -2.00. The second kappa shape index (κ2) is 5.76. The van der Waals surface area contributed by atoms with Gasteiger partial charge >= 0.3 is 0 Å². The Morgan fingerprint density at radius 1 is 1.27 bits per heavy atom. The van der Waals surface area contributed by atoms with Crippen LogP contribution in [0.4, 0.5) is 0 Å². The highest BCUT2D eigenvalue weighted by molar-refractivity contribution is 6.12. The van der Waals surface area contributed by atoms with Gasteiger partial charge in [0.25, 0.3) is 0 Å². The molecule has 0 aliphatic rings. The van der Waals surface area contributed by atoms with Crippen LogP contribution in [0, 0.1) is 5.41 Å². The molecule has 0 aliphatic carbocycles. The van der Waals surface area contributed by atoms with Crippen molar-refractivity contribution in [2.45, 2.75) is 6.92 Å². The summed E-state index contributed by atoms with van der Waals surface area (Å²) in [5.41, 5.74) is 2.32. The first-order valence-electron chi connectivity index (χ1n) is 4.89. The second-order valence-electron chi connectivity index (χ2n) is 3.10. The van der Waals surface area contributed by atoms with E-state index in [-0.39, 0.29) is 0 Å². The average Bonchev–Trinajstić information content (AvgIpc) is 2.29. The largest absolute Gasteiger partial charge is 0.300 e. The standard InChI is InChI=1S/C14H15N/c1-3-8-12(9-4-2)14(15)13-10-6-5-7-11-13/h3-11,15H,1H2,2H3/b9-4-,12-8+,15-14?. The molecule has 1 heteroatoms. The maximum absolute atomic E-state index is 8.03. The molecule has 0 aromatic heterocycles. The Morgan fingerprint density at radius 2 is 1.93 bits per heavy atom. The van der Waals surface area contributed by atoms with E-state index in [9.17, 15) is 0 Å². The van der Waals surface area contributed by atoms with Crippen LogP contribution >= 0.6 is 0 Å². The molecule has 1 aromatic rings. The Bertz CT molecular complexity index is 397. The maximum atomic E-state index is 8.03. The van der Waals surface area contributed by atoms with Crippen LogP contribution in [0.15, 0.2) is 66.8 Å². The van der Waals surface area contributed by atoms with Crippen molar-refractivity contribution in [3.8, 4) is 0 Å². The Morgan fingerprint density at radius 3 is 2.47 bits per heavy atom. The zero-order valence-corrected chi connectivity index (χ0v) is 8.90. The van der Waals surface area contributed by atoms with Gasteiger partial charge < -0.3 is 0 Å². The van der Waals surface area contributed by atoms with Crippen LogP contribution in [-0.2, 0) is 0 Å². The fourth-order valence-electron chi connectivity index (χ4n) is 1.30. The van der Waals surface area contributed by atoms with Crippen LogP contribution in [0.5, 0.6) is 0 Å². The van der Waals surface area contributed by atoms with Gasteiger partial charge in [-0.1, -0.05) is 61.2 Å². The molecule has 1 nitrogen and oxygen atoms in total. The molecule has 0 spiro atoms. The smallest absolute Gasteiger partial charge is 0.0684 e. The molecule has 76 valence electrons. The van der Waals surface area contributed by atoms with Gasteiger partial charge in [-0.2, -0.15) is 0 Å². The number of nitrogens with one attached hydrogen (secondary N) is 1. The van der Waals surface area contributed by atoms with Gasteiger partial charge in [0, 0.05) is 0 Å². The Labute approximate surface area is 91.0 Å². The summed E-state index contributed by atoms with van der Waals surface area (Å²) in [6, 6.07) is 9.69. The Balaban J connectivity index is 3.02. The summed E-state index contributed by atoms with van der Waals surface area (Å²) in [6.45, 7) is 5.59. The van der Waals surface area contributed by atoms with Crippen LogP contribution in [0.25, 0.3) is 0 Å². The number of hydrogen-bond donors (Lipinski definition) is 1. The monoisotopic (exact) mass is 197 g/mol. The SMILES string of the molecule is C=C/C=C(\C=C/C)C(=N)c1ccccc1. The highest BCUT2D eigenvalue weighted by Gasteiger charge is 2.02. The summed E-state index contributed by atoms with van der Waals surface area (Å²) in [4.78, 5) is 0. The van der Waals surface area contributed by atoms with Crippen molar-refractivity contribution in [3.63, 3.8) is 0 Å². The van der Waals surface area contributed by atoms with Crippen LogP contribution < -0.4 is 0 Å². The molecule has 0 amide bonds. The molecule has 0 fully saturated rings. The summed E-state index contributed by atoms with van der Waals surface area (Å²) < 4.78 is 0. The van der Waals surface area contributed by atoms with Crippen molar-refractivity contribution in [2.75, 3.05) is 0 Å². The summed E-state index contributed by atoms with van der Waals surface area (Å²) in [5, 5.41) is 8.03. The third-order valence-corrected chi connectivity index (χ3v) is 1.99. The third kappa shape index (κ3) is 3.06. The van der Waals surface area contributed by atoms with E-state index in [0.29, 0.717) is 5.71 Å². The molecular formula is C14H15N. The molecule has 0 saturated carbocycles. The normalized spacial score (nSPS) is 11.7. The van der Waals surface area contributed by atoms with Crippen molar-refractivity contribution in [1.29, 1.82) is 5.41 Å². The van der Waals surface area contributed by atoms with Gasteiger partial charge in [0.1, 0.15) is 0 Å². The van der Waals surface area contributed by atoms with E-state index in [4.69, 9.17) is 5.41 Å². The molecule has 1 aromatic carbocycles. The van der Waals surface area contributed by atoms with Gasteiger partial charge in [-0.25, -0.2) is 0 Å². The first-order valence-corrected chi connectivity index (χ1v) is 4.89. The first-order chi connectivity index (χ1) is 7.29. The lowest BCUT2D eigenvalue weighted by atomic mass is 10.0. The van der Waals surface area contributed by atoms with E-state index in [1.807, 2.05) is 55.5 Å². The summed E-state index contributed by atoms with van der Waals surface area (Å²) >= 11 is 0. The molecule has 1 N–H and O–H groups in total. The minimum Gasteiger partial charge on any atom is -0.300 e. The fraction of sp³-hybridized carbons (Fsp3) is 0.0714. The van der Waals surface area contributed by atoms with Crippen molar-refractivity contribution in [3.05, 3.63) is 72.4 Å². The zero-order valence-electron chi connectivity index (χ0n) is 8.90. The lowest BCUT2D eigenvalue weighted by molar-refractivity contribution is 1.46. The molecule has 0 heterocycles. The first kappa shape index (κ1) is 11.2. The minimum atomic E-state index is 0.522. The molecule has 1 rings (SSSR count). The molecule has 0 unspecified atom stereocenters. The Kier molecular flexibility index (Phi) is 4.30. The van der Waals surface area contributed by atoms with Crippen molar-refractivity contribution < 1.29 is 0 Å². The van der Waals surface area contributed by atoms with E-state index in [2.05, 4.69) is 6.58 Å². The van der Waals surface area contributed by atoms with Crippen LogP contribution in [0.1, 0.15) is 12.5 Å². The predicted molar refractivity (Wildman–Crippen MR) is 66.4 cm³/mol. The van der Waals surface area contributed by atoms with Crippen LogP contribution in [0.2, 0.25) is 0 Å². The summed E-state index contributed by atoms with van der Waals surface area (Å²) in [6.07, 6.45) is 7.38. The molecule has 0 saturated heterocycles. The van der Waals surface area contributed by atoms with E-state index in [0.717, 1.165) is 11.1 Å². The minimum absolute atomic E-state index is 0.522. The molecular weight excluding hydrogens is 182 g/mol. The summed E-state index contributed by atoms with van der Waals surface area (Å²) in [7, 11) is 0. The molecule has 15 heavy (non-hydrogen) atoms. The van der Waals surface area contributed by atoms with E-state index in [1.54, 1.807) is 6.08 Å². The summed E-state index contributed by atoms with van der Waals surface area (Å²) in [5.74, 6) is 0. The molecule has 0 atom stereocenters. The third-order valence-electron chi connectivity index (χ3n) is 1.99. The van der Waals surface area contributed by atoms with Gasteiger partial charge in [-0.3, -0.25) is 5.41 Å². The number of benzene rings is 1. The molecule has 0 radical (unpaired) electrons. The fourth-order valence-corrected chi connectivity index (χ4v) is 1.30. The molecule has 0 bridgehead atoms. The van der Waals surface area contributed by atoms with Crippen molar-refractivity contribution >= 4 is 5.71 Å². The number of allylic oxidation sites excluding steroid dienone is 5. The van der Waals surface area contributed by atoms with E-state index < -0.39 is 0 Å². The average molecular weight is 197 g/mol. The highest BCUT2D eigenvalue weighted by Crippen LogP contribution is 2.09. The maximum Gasteiger partial charge on any atom is 0.0684 e. The quantitative estimate of drug-likeness (QED) is 0.561. The zero-order chi connectivity index (χ0) is 11.1. The Hall–Kier alpha value is -1.89. The van der Waals surface area contributed by atoms with E-state index >= 15 is 0 Å². The van der Waals surface area contributed by atoms with Crippen molar-refractivity contribution in [2.24, 2.45) is 0 Å². The van der Waals surface area contributed by atoms with E-state index in [1.165, 1.54) is 0 Å². The lowest BCUT2D eigenvalue weighted by Gasteiger charge is -2.04. The van der Waals surface area contributed by atoms with Gasteiger partial charge in [0.05, 0.1) is 5.71 Å². The second-order valence-corrected chi connectivity index (χ2v) is 3.10. The number of hydrogen-bond acceptors (Lipinski definition) is 1. The van der Waals surface area contributed by atoms with Gasteiger partial charge in [-0.05, 0) is 18.1 Å². The van der Waals surface area contributed by atoms with Crippen LogP contribution in [-0.4, -0.2) is 5.71 Å². The predicted octanol–water partition coefficient (Wildman–Crippen LogP) is 3.74.